The first kappa shape index (κ1) is 14.0. The molecule has 2 rings (SSSR count). The van der Waals surface area contributed by atoms with Gasteiger partial charge in [-0.05, 0) is 29.5 Å². The Bertz CT molecular complexity index is 610. The summed E-state index contributed by atoms with van der Waals surface area (Å²) in [7, 11) is 0. The maximum absolute atomic E-state index is 4.97. The molecule has 1 heterocycles. The number of para-hydroxylation sites is 1. The Labute approximate surface area is 117 Å². The smallest absolute Gasteiger partial charge is 0.0708 e. The highest BCUT2D eigenvalue weighted by Gasteiger charge is 2.29. The van der Waals surface area contributed by atoms with Crippen LogP contribution in [0, 0.1) is 6.92 Å². The quantitative estimate of drug-likeness (QED) is 0.635. The molecule has 0 saturated heterocycles. The Kier molecular flexibility index (Phi) is 3.20. The molecule has 0 unspecified atom stereocenters. The van der Waals surface area contributed by atoms with Crippen molar-refractivity contribution in [2.24, 2.45) is 0 Å². The molecule has 1 aromatic heterocycles. The van der Waals surface area contributed by atoms with Crippen LogP contribution < -0.4 is 0 Å². The predicted molar refractivity (Wildman–Crippen MR) is 83.9 cm³/mol. The fraction of sp³-hybridized carbons (Fsp3) is 0.500. The van der Waals surface area contributed by atoms with Gasteiger partial charge < -0.3 is 0 Å². The van der Waals surface area contributed by atoms with E-state index in [1.807, 2.05) is 0 Å². The van der Waals surface area contributed by atoms with Crippen LogP contribution in [0.5, 0.6) is 0 Å². The van der Waals surface area contributed by atoms with Crippen LogP contribution in [0.25, 0.3) is 10.9 Å². The molecule has 0 fully saturated rings. The van der Waals surface area contributed by atoms with Gasteiger partial charge in [0, 0.05) is 10.8 Å². The molecule has 0 N–H and O–H groups in total. The SMILES string of the molecule is Cc1c(C(C)(C)C)c(C(C)(C)C)nc2ccccc12. The molecule has 0 aliphatic rings. The molecule has 0 amide bonds. The summed E-state index contributed by atoms with van der Waals surface area (Å²) >= 11 is 0. The summed E-state index contributed by atoms with van der Waals surface area (Å²) in [6.45, 7) is 15.8. The molecule has 0 spiro atoms. The maximum atomic E-state index is 4.97. The summed E-state index contributed by atoms with van der Waals surface area (Å²) < 4.78 is 0. The van der Waals surface area contributed by atoms with Gasteiger partial charge in [0.2, 0.25) is 0 Å². The van der Waals surface area contributed by atoms with E-state index in [-0.39, 0.29) is 10.8 Å². The Morgan fingerprint density at radius 3 is 1.95 bits per heavy atom. The van der Waals surface area contributed by atoms with Gasteiger partial charge >= 0.3 is 0 Å². The van der Waals surface area contributed by atoms with Crippen molar-refractivity contribution in [3.63, 3.8) is 0 Å². The zero-order chi connectivity index (χ0) is 14.4. The van der Waals surface area contributed by atoms with Crippen LogP contribution in [0.15, 0.2) is 24.3 Å². The van der Waals surface area contributed by atoms with Gasteiger partial charge in [0.1, 0.15) is 0 Å². The van der Waals surface area contributed by atoms with E-state index in [0.717, 1.165) is 5.52 Å². The van der Waals surface area contributed by atoms with Crippen molar-refractivity contribution >= 4 is 10.9 Å². The zero-order valence-electron chi connectivity index (χ0n) is 13.3. The van der Waals surface area contributed by atoms with E-state index in [4.69, 9.17) is 4.98 Å². The second-order valence-electron chi connectivity index (χ2n) is 7.48. The minimum atomic E-state index is 0.0669. The predicted octanol–water partition coefficient (Wildman–Crippen LogP) is 5.14. The van der Waals surface area contributed by atoms with Crippen molar-refractivity contribution in [2.75, 3.05) is 0 Å². The minimum Gasteiger partial charge on any atom is -0.252 e. The van der Waals surface area contributed by atoms with Gasteiger partial charge in [-0.3, -0.25) is 4.98 Å². The van der Waals surface area contributed by atoms with Crippen molar-refractivity contribution in [2.45, 2.75) is 59.3 Å². The van der Waals surface area contributed by atoms with Gasteiger partial charge in [-0.25, -0.2) is 0 Å². The molecule has 0 saturated carbocycles. The van der Waals surface area contributed by atoms with Gasteiger partial charge in [0.05, 0.1) is 11.2 Å². The van der Waals surface area contributed by atoms with E-state index in [9.17, 15) is 0 Å². The van der Waals surface area contributed by atoms with E-state index < -0.39 is 0 Å². The largest absolute Gasteiger partial charge is 0.252 e. The number of pyridine rings is 1. The molecular weight excluding hydrogens is 230 g/mol. The second-order valence-corrected chi connectivity index (χ2v) is 7.48. The highest BCUT2D eigenvalue weighted by atomic mass is 14.7. The summed E-state index contributed by atoms with van der Waals surface area (Å²) in [5.74, 6) is 0. The Morgan fingerprint density at radius 2 is 1.42 bits per heavy atom. The monoisotopic (exact) mass is 255 g/mol. The number of fused-ring (bicyclic) bond motifs is 1. The Hall–Kier alpha value is -1.37. The molecule has 2 aromatic rings. The van der Waals surface area contributed by atoms with Gasteiger partial charge in [-0.2, -0.15) is 0 Å². The molecule has 19 heavy (non-hydrogen) atoms. The summed E-state index contributed by atoms with van der Waals surface area (Å²) in [6, 6.07) is 8.46. The molecular formula is C18H25N. The first-order valence-electron chi connectivity index (χ1n) is 7.02. The second kappa shape index (κ2) is 4.33. The van der Waals surface area contributed by atoms with Crippen LogP contribution in [0.3, 0.4) is 0 Å². The van der Waals surface area contributed by atoms with Crippen LogP contribution in [0.1, 0.15) is 58.4 Å². The molecule has 0 aliphatic heterocycles. The lowest BCUT2D eigenvalue weighted by atomic mass is 9.75. The van der Waals surface area contributed by atoms with Crippen LogP contribution in [-0.4, -0.2) is 4.98 Å². The van der Waals surface area contributed by atoms with Gasteiger partial charge in [-0.1, -0.05) is 59.7 Å². The highest BCUT2D eigenvalue weighted by Crippen LogP contribution is 2.37. The van der Waals surface area contributed by atoms with Crippen molar-refractivity contribution in [3.8, 4) is 0 Å². The number of benzene rings is 1. The van der Waals surface area contributed by atoms with Crippen LogP contribution in [0.4, 0.5) is 0 Å². The van der Waals surface area contributed by atoms with Crippen molar-refractivity contribution in [1.82, 2.24) is 4.98 Å². The fourth-order valence-corrected chi connectivity index (χ4v) is 2.84. The molecule has 1 heteroatoms. The molecule has 0 aliphatic carbocycles. The minimum absolute atomic E-state index is 0.0669. The van der Waals surface area contributed by atoms with Gasteiger partial charge in [-0.15, -0.1) is 0 Å². The number of aromatic nitrogens is 1. The van der Waals surface area contributed by atoms with Crippen LogP contribution >= 0.6 is 0 Å². The number of hydrogen-bond donors (Lipinski definition) is 0. The van der Waals surface area contributed by atoms with Crippen molar-refractivity contribution in [1.29, 1.82) is 0 Å². The summed E-state index contributed by atoms with van der Waals surface area (Å²) in [6.07, 6.45) is 0. The number of aryl methyl sites for hydroxylation is 1. The van der Waals surface area contributed by atoms with Crippen LogP contribution in [-0.2, 0) is 10.8 Å². The van der Waals surface area contributed by atoms with Crippen molar-refractivity contribution < 1.29 is 0 Å². The third-order valence-corrected chi connectivity index (χ3v) is 3.61. The van der Waals surface area contributed by atoms with E-state index in [1.165, 1.54) is 22.2 Å². The molecule has 1 nitrogen and oxygen atoms in total. The summed E-state index contributed by atoms with van der Waals surface area (Å²) in [4.78, 5) is 4.97. The van der Waals surface area contributed by atoms with E-state index in [1.54, 1.807) is 0 Å². The lowest BCUT2D eigenvalue weighted by Crippen LogP contribution is -2.25. The molecule has 102 valence electrons. The average molecular weight is 255 g/mol. The number of rotatable bonds is 0. The molecule has 0 bridgehead atoms. The lowest BCUT2D eigenvalue weighted by Gasteiger charge is -2.31. The van der Waals surface area contributed by atoms with E-state index in [0.29, 0.717) is 0 Å². The first-order chi connectivity index (χ1) is 8.62. The Balaban J connectivity index is 2.93. The number of nitrogens with zero attached hydrogens (tertiary/aromatic N) is 1. The zero-order valence-corrected chi connectivity index (χ0v) is 13.3. The Morgan fingerprint density at radius 1 is 0.842 bits per heavy atom. The number of hydrogen-bond acceptors (Lipinski definition) is 1. The standard InChI is InChI=1S/C18H25N/c1-12-13-10-8-9-11-14(13)19-16(18(5,6)7)15(12)17(2,3)4/h8-11H,1-7H3. The average Bonchev–Trinajstić information content (AvgIpc) is 2.26. The third-order valence-electron chi connectivity index (χ3n) is 3.61. The molecule has 1 aromatic carbocycles. The maximum Gasteiger partial charge on any atom is 0.0708 e. The van der Waals surface area contributed by atoms with Crippen LogP contribution in [0.2, 0.25) is 0 Å². The topological polar surface area (TPSA) is 12.9 Å². The van der Waals surface area contributed by atoms with Gasteiger partial charge in [0.25, 0.3) is 0 Å². The normalized spacial score (nSPS) is 13.0. The lowest BCUT2D eigenvalue weighted by molar-refractivity contribution is 0.514. The summed E-state index contributed by atoms with van der Waals surface area (Å²) in [5, 5.41) is 1.28. The van der Waals surface area contributed by atoms with E-state index >= 15 is 0 Å². The first-order valence-corrected chi connectivity index (χ1v) is 7.02. The molecule has 0 atom stereocenters. The highest BCUT2D eigenvalue weighted by molar-refractivity contribution is 5.84. The van der Waals surface area contributed by atoms with E-state index in [2.05, 4.69) is 72.7 Å². The molecule has 0 radical (unpaired) electrons. The van der Waals surface area contributed by atoms with Gasteiger partial charge in [0.15, 0.2) is 0 Å². The summed E-state index contributed by atoms with van der Waals surface area (Å²) in [5.41, 5.74) is 5.30. The third kappa shape index (κ3) is 2.51. The van der Waals surface area contributed by atoms with Crippen molar-refractivity contribution in [3.05, 3.63) is 41.1 Å². The fourth-order valence-electron chi connectivity index (χ4n) is 2.84.